The first kappa shape index (κ1) is 24.5. The van der Waals surface area contributed by atoms with Gasteiger partial charge in [-0.2, -0.15) is 0 Å². The Morgan fingerprint density at radius 3 is 2.56 bits per heavy atom. The highest BCUT2D eigenvalue weighted by Crippen LogP contribution is 2.48. The Balaban J connectivity index is 1.36. The van der Waals surface area contributed by atoms with Crippen molar-refractivity contribution in [3.05, 3.63) is 95.8 Å². The topological polar surface area (TPSA) is 47.6 Å². The zero-order valence-electron chi connectivity index (χ0n) is 21.0. The lowest BCUT2D eigenvalue weighted by atomic mass is 9.66. The molecule has 5 heteroatoms. The lowest BCUT2D eigenvalue weighted by molar-refractivity contribution is -0.153. The van der Waals surface area contributed by atoms with E-state index in [4.69, 9.17) is 9.47 Å². The molecule has 1 aliphatic carbocycles. The molecule has 1 amide bonds. The van der Waals surface area contributed by atoms with Crippen LogP contribution in [0.2, 0.25) is 0 Å². The van der Waals surface area contributed by atoms with Gasteiger partial charge in [0, 0.05) is 17.9 Å². The molecule has 0 spiro atoms. The molecule has 5 atom stereocenters. The number of fused-ring (bicyclic) bond motifs is 1. The van der Waals surface area contributed by atoms with Crippen LogP contribution in [-0.2, 0) is 16.0 Å². The lowest BCUT2D eigenvalue weighted by Crippen LogP contribution is -2.60. The highest BCUT2D eigenvalue weighted by atomic mass is 19.1. The van der Waals surface area contributed by atoms with Crippen molar-refractivity contribution in [3.63, 3.8) is 0 Å². The summed E-state index contributed by atoms with van der Waals surface area (Å²) in [6, 6.07) is 24.0. The predicted octanol–water partition coefficient (Wildman–Crippen LogP) is 7.00. The van der Waals surface area contributed by atoms with Gasteiger partial charge < -0.3 is 14.8 Å². The van der Waals surface area contributed by atoms with Crippen molar-refractivity contribution < 1.29 is 18.7 Å². The lowest BCUT2D eigenvalue weighted by Gasteiger charge is -2.52. The van der Waals surface area contributed by atoms with Gasteiger partial charge in [0.2, 0.25) is 5.91 Å². The molecule has 36 heavy (non-hydrogen) atoms. The number of benzene rings is 3. The van der Waals surface area contributed by atoms with Crippen LogP contribution in [0.25, 0.3) is 0 Å². The number of halogens is 1. The Bertz CT molecular complexity index is 1180. The average molecular weight is 488 g/mol. The van der Waals surface area contributed by atoms with Crippen molar-refractivity contribution in [2.24, 2.45) is 11.8 Å². The average Bonchev–Trinajstić information content (AvgIpc) is 2.85. The summed E-state index contributed by atoms with van der Waals surface area (Å²) in [5.41, 5.74) is 1.46. The third-order valence-electron chi connectivity index (χ3n) is 7.73. The molecular formula is C31H34FNO3. The highest BCUT2D eigenvalue weighted by Gasteiger charge is 2.49. The Labute approximate surface area is 212 Å². The fraction of sp³-hybridized carbons (Fsp3) is 0.387. The van der Waals surface area contributed by atoms with Crippen molar-refractivity contribution in [2.45, 2.75) is 63.7 Å². The zero-order chi connectivity index (χ0) is 25.1. The van der Waals surface area contributed by atoms with Crippen LogP contribution in [0.3, 0.4) is 0 Å². The van der Waals surface area contributed by atoms with E-state index in [9.17, 15) is 9.18 Å². The number of carbonyl (C=O) groups excluding carboxylic acids is 1. The van der Waals surface area contributed by atoms with Crippen molar-refractivity contribution >= 4 is 5.91 Å². The molecule has 188 valence electrons. The van der Waals surface area contributed by atoms with E-state index >= 15 is 0 Å². The molecule has 1 saturated heterocycles. The number of para-hydroxylation sites is 1. The van der Waals surface area contributed by atoms with E-state index in [2.05, 4.69) is 25.2 Å². The fourth-order valence-corrected chi connectivity index (χ4v) is 5.90. The Hall–Kier alpha value is -3.18. The van der Waals surface area contributed by atoms with Gasteiger partial charge in [0.05, 0.1) is 18.6 Å². The molecule has 1 N–H and O–H groups in total. The van der Waals surface area contributed by atoms with Crippen LogP contribution in [0.5, 0.6) is 11.5 Å². The number of nitrogens with one attached hydrogen (secondary N) is 1. The molecule has 0 bridgehead atoms. The summed E-state index contributed by atoms with van der Waals surface area (Å²) in [5.74, 6) is 2.07. The van der Waals surface area contributed by atoms with Crippen LogP contribution >= 0.6 is 0 Å². The second-order valence-corrected chi connectivity index (χ2v) is 10.6. The standard InChI is InChI=1S/C31H34FNO3/c1-21-11-16-27-28(17-21)36-29(23-7-6-10-26(19-23)35-25-8-4-3-5-9-25)20-31(27,2)33-30(34)18-22-12-14-24(32)15-13-22/h3-10,12-15,19,21,27-29H,11,16-18,20H2,1-2H3,(H,33,34)/t21-,27-,28-,29-,31-/m0/s1. The number of ether oxygens (including phenoxy) is 2. The maximum absolute atomic E-state index is 13.3. The normalized spacial score (nSPS) is 27.6. The van der Waals surface area contributed by atoms with Crippen LogP contribution in [0, 0.1) is 17.7 Å². The van der Waals surface area contributed by atoms with Crippen LogP contribution < -0.4 is 10.1 Å². The van der Waals surface area contributed by atoms with E-state index in [1.54, 1.807) is 12.1 Å². The molecule has 4 nitrogen and oxygen atoms in total. The molecule has 1 aliphatic heterocycles. The Morgan fingerprint density at radius 2 is 1.78 bits per heavy atom. The smallest absolute Gasteiger partial charge is 0.224 e. The molecule has 2 aliphatic rings. The van der Waals surface area contributed by atoms with E-state index in [0.29, 0.717) is 12.3 Å². The van der Waals surface area contributed by atoms with Gasteiger partial charge in [0.25, 0.3) is 0 Å². The summed E-state index contributed by atoms with van der Waals surface area (Å²) in [4.78, 5) is 13.1. The largest absolute Gasteiger partial charge is 0.457 e. The second-order valence-electron chi connectivity index (χ2n) is 10.6. The number of hydrogen-bond acceptors (Lipinski definition) is 3. The molecule has 0 aromatic heterocycles. The molecule has 3 aromatic rings. The third-order valence-corrected chi connectivity index (χ3v) is 7.73. The van der Waals surface area contributed by atoms with Crippen molar-refractivity contribution in [2.75, 3.05) is 0 Å². The summed E-state index contributed by atoms with van der Waals surface area (Å²) in [6.07, 6.45) is 4.02. The van der Waals surface area contributed by atoms with Gasteiger partial charge in [0.15, 0.2) is 0 Å². The predicted molar refractivity (Wildman–Crippen MR) is 138 cm³/mol. The minimum atomic E-state index is -0.402. The monoisotopic (exact) mass is 487 g/mol. The van der Waals surface area contributed by atoms with E-state index in [0.717, 1.165) is 41.9 Å². The van der Waals surface area contributed by atoms with E-state index in [1.807, 2.05) is 48.5 Å². The summed E-state index contributed by atoms with van der Waals surface area (Å²) in [6.45, 7) is 4.45. The highest BCUT2D eigenvalue weighted by molar-refractivity contribution is 5.79. The van der Waals surface area contributed by atoms with Crippen LogP contribution in [0.4, 0.5) is 4.39 Å². The molecule has 1 saturated carbocycles. The van der Waals surface area contributed by atoms with Gasteiger partial charge in [-0.25, -0.2) is 4.39 Å². The molecule has 0 radical (unpaired) electrons. The molecule has 3 aromatic carbocycles. The molecular weight excluding hydrogens is 453 g/mol. The van der Waals surface area contributed by atoms with Crippen LogP contribution in [0.1, 0.15) is 56.8 Å². The fourth-order valence-electron chi connectivity index (χ4n) is 5.90. The first-order valence-corrected chi connectivity index (χ1v) is 12.9. The second kappa shape index (κ2) is 10.4. The minimum Gasteiger partial charge on any atom is -0.457 e. The number of carbonyl (C=O) groups is 1. The van der Waals surface area contributed by atoms with Crippen molar-refractivity contribution in [1.82, 2.24) is 5.32 Å². The summed E-state index contributed by atoms with van der Waals surface area (Å²) >= 11 is 0. The minimum absolute atomic E-state index is 0.0386. The van der Waals surface area contributed by atoms with Crippen molar-refractivity contribution in [3.8, 4) is 11.5 Å². The number of amides is 1. The maximum Gasteiger partial charge on any atom is 0.224 e. The summed E-state index contributed by atoms with van der Waals surface area (Å²) in [5, 5.41) is 3.38. The number of rotatable bonds is 6. The van der Waals surface area contributed by atoms with Gasteiger partial charge in [0.1, 0.15) is 17.3 Å². The molecule has 1 heterocycles. The first-order valence-electron chi connectivity index (χ1n) is 12.9. The van der Waals surface area contributed by atoms with Gasteiger partial charge >= 0.3 is 0 Å². The molecule has 2 fully saturated rings. The Morgan fingerprint density at radius 1 is 1.03 bits per heavy atom. The molecule has 5 rings (SSSR count). The van der Waals surface area contributed by atoms with Gasteiger partial charge in [-0.1, -0.05) is 55.8 Å². The van der Waals surface area contributed by atoms with Gasteiger partial charge in [-0.15, -0.1) is 0 Å². The number of hydrogen-bond donors (Lipinski definition) is 1. The molecule has 0 unspecified atom stereocenters. The summed E-state index contributed by atoms with van der Waals surface area (Å²) in [7, 11) is 0. The van der Waals surface area contributed by atoms with Gasteiger partial charge in [-0.3, -0.25) is 4.79 Å². The third kappa shape index (κ3) is 5.62. The van der Waals surface area contributed by atoms with Gasteiger partial charge in [-0.05, 0) is 73.2 Å². The van der Waals surface area contributed by atoms with E-state index in [1.165, 1.54) is 12.1 Å². The van der Waals surface area contributed by atoms with E-state index in [-0.39, 0.29) is 36.3 Å². The first-order chi connectivity index (χ1) is 17.4. The van der Waals surface area contributed by atoms with E-state index < -0.39 is 5.54 Å². The quantitative estimate of drug-likeness (QED) is 0.407. The maximum atomic E-state index is 13.3. The van der Waals surface area contributed by atoms with Crippen LogP contribution in [-0.4, -0.2) is 17.6 Å². The SMILES string of the molecule is C[C@H]1CC[C@H]2[C@H](C1)O[C@H](c1cccc(Oc3ccccc3)c1)C[C@]2(C)NC(=O)Cc1ccc(F)cc1. The van der Waals surface area contributed by atoms with Crippen molar-refractivity contribution in [1.29, 1.82) is 0 Å². The Kier molecular flexibility index (Phi) is 7.10. The van der Waals surface area contributed by atoms with Crippen LogP contribution in [0.15, 0.2) is 78.9 Å². The summed E-state index contributed by atoms with van der Waals surface area (Å²) < 4.78 is 26.1. The zero-order valence-corrected chi connectivity index (χ0v) is 21.0.